The molecule has 8 nitrogen and oxygen atoms in total. The minimum atomic E-state index is -3.91. The SMILES string of the molecule is CCOc1ccc(C(C)(C)C)cc1S(=O)(=O)N1CCN(S(=O)(=O)c2cc(C(C)(C)C)ccc2OCC)CC1. The molecule has 2 aromatic carbocycles. The van der Waals surface area contributed by atoms with Crippen molar-refractivity contribution in [1.29, 1.82) is 0 Å². The third-order valence-electron chi connectivity index (χ3n) is 6.65. The van der Waals surface area contributed by atoms with E-state index in [9.17, 15) is 16.8 Å². The molecule has 0 aromatic heterocycles. The van der Waals surface area contributed by atoms with Gasteiger partial charge in [-0.3, -0.25) is 0 Å². The molecule has 1 fully saturated rings. The van der Waals surface area contributed by atoms with E-state index in [0.29, 0.717) is 24.7 Å². The Morgan fingerprint density at radius 1 is 0.632 bits per heavy atom. The molecule has 10 heteroatoms. The van der Waals surface area contributed by atoms with Gasteiger partial charge in [-0.2, -0.15) is 8.61 Å². The lowest BCUT2D eigenvalue weighted by molar-refractivity contribution is 0.269. The molecule has 2 aromatic rings. The van der Waals surface area contributed by atoms with Gasteiger partial charge in [0.25, 0.3) is 0 Å². The molecule has 0 spiro atoms. The Bertz CT molecular complexity index is 1240. The highest BCUT2D eigenvalue weighted by atomic mass is 32.2. The summed E-state index contributed by atoms with van der Waals surface area (Å²) in [4.78, 5) is 0.221. The van der Waals surface area contributed by atoms with Crippen molar-refractivity contribution in [3.63, 3.8) is 0 Å². The second kappa shape index (κ2) is 11.2. The summed E-state index contributed by atoms with van der Waals surface area (Å²) in [6.45, 7) is 16.6. The topological polar surface area (TPSA) is 93.2 Å². The average molecular weight is 567 g/mol. The molecule has 0 N–H and O–H groups in total. The smallest absolute Gasteiger partial charge is 0.246 e. The number of nitrogens with zero attached hydrogens (tertiary/aromatic N) is 2. The fraction of sp³-hybridized carbons (Fsp3) is 0.571. The quantitative estimate of drug-likeness (QED) is 0.457. The van der Waals surface area contributed by atoms with E-state index in [1.165, 1.54) is 8.61 Å². The van der Waals surface area contributed by atoms with Crippen LogP contribution in [0.4, 0.5) is 0 Å². The first-order chi connectivity index (χ1) is 17.5. The molecular formula is C28H42N2O6S2. The number of ether oxygens (including phenoxy) is 2. The third kappa shape index (κ3) is 6.35. The molecular weight excluding hydrogens is 524 g/mol. The molecule has 0 unspecified atom stereocenters. The molecule has 1 saturated heterocycles. The Balaban J connectivity index is 1.91. The lowest BCUT2D eigenvalue weighted by Gasteiger charge is -2.34. The van der Waals surface area contributed by atoms with Crippen LogP contribution in [-0.4, -0.2) is 64.8 Å². The highest BCUT2D eigenvalue weighted by Gasteiger charge is 2.37. The van der Waals surface area contributed by atoms with E-state index in [2.05, 4.69) is 0 Å². The van der Waals surface area contributed by atoms with Crippen molar-refractivity contribution in [2.24, 2.45) is 0 Å². The second-order valence-corrected chi connectivity index (χ2v) is 15.3. The van der Waals surface area contributed by atoms with Crippen LogP contribution >= 0.6 is 0 Å². The standard InChI is InChI=1S/C28H42N2O6S2/c1-9-35-23-13-11-21(27(3,4)5)19-25(23)37(31,32)29-15-17-30(18-16-29)38(33,34)26-20-22(28(6,7)8)12-14-24(26)36-10-2/h11-14,19-20H,9-10,15-18H2,1-8H3. The van der Waals surface area contributed by atoms with Crippen molar-refractivity contribution in [1.82, 2.24) is 8.61 Å². The molecule has 0 aliphatic carbocycles. The lowest BCUT2D eigenvalue weighted by Crippen LogP contribution is -2.50. The Labute approximate surface area is 229 Å². The minimum absolute atomic E-state index is 0.0375. The Morgan fingerprint density at radius 2 is 0.947 bits per heavy atom. The van der Waals surface area contributed by atoms with Crippen molar-refractivity contribution < 1.29 is 26.3 Å². The largest absolute Gasteiger partial charge is 0.492 e. The molecule has 1 aliphatic rings. The highest BCUT2D eigenvalue weighted by molar-refractivity contribution is 7.89. The highest BCUT2D eigenvalue weighted by Crippen LogP contribution is 2.35. The number of hydrogen-bond donors (Lipinski definition) is 0. The number of sulfonamides is 2. The van der Waals surface area contributed by atoms with E-state index in [-0.39, 0.29) is 46.8 Å². The average Bonchev–Trinajstić information content (AvgIpc) is 2.83. The summed E-state index contributed by atoms with van der Waals surface area (Å²) in [5.41, 5.74) is 1.26. The van der Waals surface area contributed by atoms with Gasteiger partial charge >= 0.3 is 0 Å². The maximum absolute atomic E-state index is 13.7. The van der Waals surface area contributed by atoms with Gasteiger partial charge in [0.05, 0.1) is 13.2 Å². The van der Waals surface area contributed by atoms with Crippen LogP contribution in [0.2, 0.25) is 0 Å². The van der Waals surface area contributed by atoms with Crippen molar-refractivity contribution in [2.75, 3.05) is 39.4 Å². The molecule has 3 rings (SSSR count). The molecule has 212 valence electrons. The van der Waals surface area contributed by atoms with Crippen LogP contribution in [-0.2, 0) is 30.9 Å². The van der Waals surface area contributed by atoms with Crippen LogP contribution < -0.4 is 9.47 Å². The minimum Gasteiger partial charge on any atom is -0.492 e. The molecule has 0 amide bonds. The second-order valence-electron chi connectivity index (χ2n) is 11.5. The van der Waals surface area contributed by atoms with E-state index in [4.69, 9.17) is 9.47 Å². The lowest BCUT2D eigenvalue weighted by atomic mass is 9.87. The zero-order chi connectivity index (χ0) is 28.5. The van der Waals surface area contributed by atoms with E-state index in [1.54, 1.807) is 24.3 Å². The van der Waals surface area contributed by atoms with Crippen LogP contribution in [0.5, 0.6) is 11.5 Å². The molecule has 0 radical (unpaired) electrons. The molecule has 1 aliphatic heterocycles. The normalized spacial score (nSPS) is 16.4. The predicted molar refractivity (Wildman–Crippen MR) is 150 cm³/mol. The monoisotopic (exact) mass is 566 g/mol. The van der Waals surface area contributed by atoms with Gasteiger partial charge in [-0.15, -0.1) is 0 Å². The van der Waals surface area contributed by atoms with Crippen molar-refractivity contribution in [3.05, 3.63) is 47.5 Å². The van der Waals surface area contributed by atoms with Gasteiger partial charge in [0, 0.05) is 26.2 Å². The third-order valence-corrected chi connectivity index (χ3v) is 10.5. The van der Waals surface area contributed by atoms with Gasteiger partial charge in [-0.25, -0.2) is 16.8 Å². The summed E-state index contributed by atoms with van der Waals surface area (Å²) in [6.07, 6.45) is 0. The molecule has 1 heterocycles. The van der Waals surface area contributed by atoms with Crippen LogP contribution in [0, 0.1) is 0 Å². The van der Waals surface area contributed by atoms with E-state index in [1.807, 2.05) is 67.5 Å². The van der Waals surface area contributed by atoms with Crippen molar-refractivity contribution in [3.8, 4) is 11.5 Å². The number of rotatable bonds is 8. The maximum atomic E-state index is 13.7. The summed E-state index contributed by atoms with van der Waals surface area (Å²) in [5.74, 6) is 0.604. The zero-order valence-electron chi connectivity index (χ0n) is 23.9. The number of hydrogen-bond acceptors (Lipinski definition) is 6. The summed E-state index contributed by atoms with van der Waals surface area (Å²) in [7, 11) is -7.82. The van der Waals surface area contributed by atoms with Gasteiger partial charge < -0.3 is 9.47 Å². The first-order valence-corrected chi connectivity index (χ1v) is 16.0. The fourth-order valence-electron chi connectivity index (χ4n) is 4.33. The number of benzene rings is 2. The van der Waals surface area contributed by atoms with E-state index in [0.717, 1.165) is 11.1 Å². The van der Waals surface area contributed by atoms with Gasteiger partial charge in [-0.05, 0) is 60.1 Å². The molecule has 0 atom stereocenters. The molecule has 38 heavy (non-hydrogen) atoms. The van der Waals surface area contributed by atoms with Crippen molar-refractivity contribution in [2.45, 2.75) is 76.0 Å². The Morgan fingerprint density at radius 3 is 1.21 bits per heavy atom. The van der Waals surface area contributed by atoms with Gasteiger partial charge in [0.15, 0.2) is 0 Å². The van der Waals surface area contributed by atoms with Gasteiger partial charge in [0.2, 0.25) is 20.0 Å². The zero-order valence-corrected chi connectivity index (χ0v) is 25.5. The maximum Gasteiger partial charge on any atom is 0.246 e. The Kier molecular flexibility index (Phi) is 8.92. The molecule has 0 bridgehead atoms. The number of piperazine rings is 1. The van der Waals surface area contributed by atoms with Crippen LogP contribution in [0.15, 0.2) is 46.2 Å². The van der Waals surface area contributed by atoms with Gasteiger partial charge in [-0.1, -0.05) is 53.7 Å². The van der Waals surface area contributed by atoms with E-state index < -0.39 is 20.0 Å². The van der Waals surface area contributed by atoms with Crippen LogP contribution in [0.3, 0.4) is 0 Å². The van der Waals surface area contributed by atoms with Crippen LogP contribution in [0.1, 0.15) is 66.5 Å². The summed E-state index contributed by atoms with van der Waals surface area (Å²) in [6, 6.07) is 10.5. The first-order valence-electron chi connectivity index (χ1n) is 13.1. The van der Waals surface area contributed by atoms with Crippen LogP contribution in [0.25, 0.3) is 0 Å². The summed E-state index contributed by atoms with van der Waals surface area (Å²) in [5, 5.41) is 0. The predicted octanol–water partition coefficient (Wildman–Crippen LogP) is 4.77. The van der Waals surface area contributed by atoms with Crippen molar-refractivity contribution >= 4 is 20.0 Å². The first kappa shape index (κ1) is 30.4. The Hall–Kier alpha value is -2.14. The molecule has 0 saturated carbocycles. The van der Waals surface area contributed by atoms with Gasteiger partial charge in [0.1, 0.15) is 21.3 Å². The summed E-state index contributed by atoms with van der Waals surface area (Å²) < 4.78 is 69.0. The summed E-state index contributed by atoms with van der Waals surface area (Å²) >= 11 is 0. The van der Waals surface area contributed by atoms with E-state index >= 15 is 0 Å². The fourth-order valence-corrected chi connectivity index (χ4v) is 7.49.